The third-order valence-electron chi connectivity index (χ3n) is 4.50. The highest BCUT2D eigenvalue weighted by atomic mass is 35.5. The minimum absolute atomic E-state index is 0.162. The summed E-state index contributed by atoms with van der Waals surface area (Å²) in [6.45, 7) is 0. The van der Waals surface area contributed by atoms with Crippen molar-refractivity contribution in [1.29, 1.82) is 0 Å². The average Bonchev–Trinajstić information content (AvgIpc) is 2.52. The number of carbonyl (C=O) groups excluding carboxylic acids is 1. The minimum Gasteiger partial charge on any atom is -0.349 e. The fraction of sp³-hybridized carbons (Fsp3) is 0.278. The summed E-state index contributed by atoms with van der Waals surface area (Å²) in [5.74, 6) is -2.46. The molecule has 0 saturated heterocycles. The summed E-state index contributed by atoms with van der Waals surface area (Å²) >= 11 is 12.0. The predicted octanol–water partition coefficient (Wildman–Crippen LogP) is 5.83. The maximum Gasteiger partial charge on any atom is 0.417 e. The van der Waals surface area contributed by atoms with Crippen LogP contribution in [0.25, 0.3) is 0 Å². The minimum atomic E-state index is -4.83. The van der Waals surface area contributed by atoms with Crippen molar-refractivity contribution >= 4 is 29.1 Å². The predicted molar refractivity (Wildman–Crippen MR) is 91.1 cm³/mol. The molecule has 8 heteroatoms. The second kappa shape index (κ2) is 7.08. The lowest BCUT2D eigenvalue weighted by molar-refractivity contribution is -0.138. The van der Waals surface area contributed by atoms with Crippen molar-refractivity contribution in [1.82, 2.24) is 5.32 Å². The molecule has 1 fully saturated rings. The van der Waals surface area contributed by atoms with Crippen molar-refractivity contribution in [2.75, 3.05) is 0 Å². The summed E-state index contributed by atoms with van der Waals surface area (Å²) in [6.07, 6.45) is -3.56. The zero-order valence-electron chi connectivity index (χ0n) is 13.2. The van der Waals surface area contributed by atoms with Gasteiger partial charge in [0, 0.05) is 22.0 Å². The Kier molecular flexibility index (Phi) is 5.17. The number of hydrogen-bond acceptors (Lipinski definition) is 1. The highest BCUT2D eigenvalue weighted by Gasteiger charge is 2.39. The molecule has 26 heavy (non-hydrogen) atoms. The molecule has 0 aliphatic heterocycles. The first-order chi connectivity index (χ1) is 12.2. The number of benzene rings is 2. The van der Waals surface area contributed by atoms with E-state index in [9.17, 15) is 22.4 Å². The van der Waals surface area contributed by atoms with Crippen LogP contribution in [0.4, 0.5) is 17.6 Å². The molecule has 0 radical (unpaired) electrons. The molecule has 2 nitrogen and oxygen atoms in total. The van der Waals surface area contributed by atoms with Crippen LogP contribution in [0.15, 0.2) is 36.4 Å². The lowest BCUT2D eigenvalue weighted by Crippen LogP contribution is -2.46. The molecule has 2 atom stereocenters. The number of nitrogens with one attached hydrogen (secondary N) is 1. The molecule has 0 spiro atoms. The summed E-state index contributed by atoms with van der Waals surface area (Å²) < 4.78 is 53.2. The Hall–Kier alpha value is -1.79. The Morgan fingerprint density at radius 1 is 1.12 bits per heavy atom. The second-order valence-corrected chi connectivity index (χ2v) is 6.93. The Labute approximate surface area is 157 Å². The quantitative estimate of drug-likeness (QED) is 0.639. The molecule has 2 aromatic carbocycles. The first-order valence-corrected chi connectivity index (χ1v) is 8.55. The van der Waals surface area contributed by atoms with E-state index in [0.717, 1.165) is 17.7 Å². The van der Waals surface area contributed by atoms with Crippen LogP contribution in [0.1, 0.15) is 40.2 Å². The van der Waals surface area contributed by atoms with Gasteiger partial charge in [-0.1, -0.05) is 35.3 Å². The van der Waals surface area contributed by atoms with Crippen molar-refractivity contribution in [3.05, 3.63) is 69.0 Å². The number of hydrogen-bond donors (Lipinski definition) is 1. The van der Waals surface area contributed by atoms with E-state index in [2.05, 4.69) is 5.32 Å². The fourth-order valence-corrected chi connectivity index (χ4v) is 3.63. The molecule has 1 N–H and O–H groups in total. The van der Waals surface area contributed by atoms with Gasteiger partial charge in [-0.15, -0.1) is 0 Å². The second-order valence-electron chi connectivity index (χ2n) is 6.09. The normalized spacial score (nSPS) is 19.8. The van der Waals surface area contributed by atoms with Gasteiger partial charge in [0.2, 0.25) is 0 Å². The third-order valence-corrected chi connectivity index (χ3v) is 5.06. The smallest absolute Gasteiger partial charge is 0.349 e. The molecule has 1 saturated carbocycles. The maximum absolute atomic E-state index is 13.9. The van der Waals surface area contributed by atoms with Crippen LogP contribution in [0.3, 0.4) is 0 Å². The van der Waals surface area contributed by atoms with Crippen LogP contribution >= 0.6 is 23.2 Å². The summed E-state index contributed by atoms with van der Waals surface area (Å²) in [4.78, 5) is 12.3. The van der Waals surface area contributed by atoms with E-state index in [1.807, 2.05) is 0 Å². The van der Waals surface area contributed by atoms with E-state index < -0.39 is 35.1 Å². The number of halogens is 6. The Morgan fingerprint density at radius 3 is 2.42 bits per heavy atom. The van der Waals surface area contributed by atoms with Gasteiger partial charge in [-0.2, -0.15) is 13.2 Å². The maximum atomic E-state index is 13.9. The van der Waals surface area contributed by atoms with Crippen LogP contribution in [0, 0.1) is 5.82 Å². The Morgan fingerprint density at radius 2 is 1.85 bits per heavy atom. The van der Waals surface area contributed by atoms with Gasteiger partial charge in [-0.05, 0) is 42.7 Å². The monoisotopic (exact) mass is 405 g/mol. The van der Waals surface area contributed by atoms with E-state index >= 15 is 0 Å². The largest absolute Gasteiger partial charge is 0.417 e. The van der Waals surface area contributed by atoms with Gasteiger partial charge < -0.3 is 5.32 Å². The molecule has 2 aromatic rings. The molecule has 1 aliphatic rings. The van der Waals surface area contributed by atoms with E-state index in [0.29, 0.717) is 29.0 Å². The summed E-state index contributed by atoms with van der Waals surface area (Å²) in [6, 6.07) is 6.95. The molecule has 0 heterocycles. The number of carbonyl (C=O) groups is 1. The molecular weight excluding hydrogens is 393 g/mol. The third kappa shape index (κ3) is 3.67. The molecule has 2 unspecified atom stereocenters. The molecule has 1 aliphatic carbocycles. The topological polar surface area (TPSA) is 29.1 Å². The van der Waals surface area contributed by atoms with Gasteiger partial charge in [-0.25, -0.2) is 4.39 Å². The molecule has 0 aromatic heterocycles. The standard InChI is InChI=1S/C18H13Cl2F4NO/c19-9-4-5-10(13(20)8-9)11-6-7-15(11)25-17(26)16-12(18(22,23)24)2-1-3-14(16)21/h1-5,8,11,15H,6-7H2,(H,25,26). The van der Waals surface area contributed by atoms with Crippen LogP contribution in [-0.2, 0) is 6.18 Å². The average molecular weight is 406 g/mol. The van der Waals surface area contributed by atoms with Gasteiger partial charge in [-0.3, -0.25) is 4.79 Å². The number of amides is 1. The SMILES string of the molecule is O=C(NC1CCC1c1ccc(Cl)cc1Cl)c1c(F)cccc1C(F)(F)F. The van der Waals surface area contributed by atoms with E-state index in [1.165, 1.54) is 0 Å². The Balaban J connectivity index is 1.83. The van der Waals surface area contributed by atoms with E-state index in [4.69, 9.17) is 23.2 Å². The lowest BCUT2D eigenvalue weighted by Gasteiger charge is -2.38. The molecule has 1 amide bonds. The lowest BCUT2D eigenvalue weighted by atomic mass is 9.75. The highest BCUT2D eigenvalue weighted by molar-refractivity contribution is 6.35. The van der Waals surface area contributed by atoms with E-state index in [-0.39, 0.29) is 5.92 Å². The van der Waals surface area contributed by atoms with Gasteiger partial charge >= 0.3 is 6.18 Å². The van der Waals surface area contributed by atoms with Crippen LogP contribution in [0.2, 0.25) is 10.0 Å². The van der Waals surface area contributed by atoms with Gasteiger partial charge in [0.1, 0.15) is 5.82 Å². The summed E-state index contributed by atoms with van der Waals surface area (Å²) in [7, 11) is 0. The first-order valence-electron chi connectivity index (χ1n) is 7.80. The van der Waals surface area contributed by atoms with Gasteiger partial charge in [0.25, 0.3) is 5.91 Å². The van der Waals surface area contributed by atoms with Gasteiger partial charge in [0.15, 0.2) is 0 Å². The molecule has 138 valence electrons. The fourth-order valence-electron chi connectivity index (χ4n) is 3.08. The van der Waals surface area contributed by atoms with Crippen molar-refractivity contribution in [2.45, 2.75) is 31.0 Å². The van der Waals surface area contributed by atoms with Crippen LogP contribution in [0.5, 0.6) is 0 Å². The molecule has 0 bridgehead atoms. The Bertz CT molecular complexity index is 854. The zero-order valence-corrected chi connectivity index (χ0v) is 14.7. The van der Waals surface area contributed by atoms with Crippen molar-refractivity contribution in [3.8, 4) is 0 Å². The zero-order chi connectivity index (χ0) is 19.1. The highest BCUT2D eigenvalue weighted by Crippen LogP contribution is 2.41. The molecule has 3 rings (SSSR count). The van der Waals surface area contributed by atoms with Crippen molar-refractivity contribution in [3.63, 3.8) is 0 Å². The van der Waals surface area contributed by atoms with Crippen molar-refractivity contribution < 1.29 is 22.4 Å². The molecular formula is C18H13Cl2F4NO. The number of alkyl halides is 3. The van der Waals surface area contributed by atoms with Gasteiger partial charge in [0.05, 0.1) is 11.1 Å². The first kappa shape index (κ1) is 19.0. The van der Waals surface area contributed by atoms with Crippen LogP contribution < -0.4 is 5.32 Å². The van der Waals surface area contributed by atoms with Crippen molar-refractivity contribution in [2.24, 2.45) is 0 Å². The van der Waals surface area contributed by atoms with Crippen LogP contribution in [-0.4, -0.2) is 11.9 Å². The van der Waals surface area contributed by atoms with E-state index in [1.54, 1.807) is 18.2 Å². The number of rotatable bonds is 3. The summed E-state index contributed by atoms with van der Waals surface area (Å²) in [5, 5.41) is 3.38. The summed E-state index contributed by atoms with van der Waals surface area (Å²) in [5.41, 5.74) is -1.54.